The van der Waals surface area contributed by atoms with Crippen LogP contribution in [-0.2, 0) is 10.0 Å². The van der Waals surface area contributed by atoms with Crippen molar-refractivity contribution in [3.63, 3.8) is 0 Å². The second-order valence-electron chi connectivity index (χ2n) is 4.66. The molecule has 2 rings (SSSR count). The van der Waals surface area contributed by atoms with Crippen molar-refractivity contribution in [2.45, 2.75) is 37.5 Å². The van der Waals surface area contributed by atoms with Crippen molar-refractivity contribution in [2.75, 3.05) is 6.54 Å². The summed E-state index contributed by atoms with van der Waals surface area (Å²) in [5.74, 6) is 0. The van der Waals surface area contributed by atoms with Gasteiger partial charge in [-0.2, -0.15) is 0 Å². The van der Waals surface area contributed by atoms with Crippen LogP contribution in [0.2, 0.25) is 0 Å². The highest BCUT2D eigenvalue weighted by atomic mass is 32.2. The van der Waals surface area contributed by atoms with E-state index in [1.807, 2.05) is 25.1 Å². The maximum Gasteiger partial charge on any atom is 0.263 e. The van der Waals surface area contributed by atoms with Crippen molar-refractivity contribution in [2.24, 2.45) is 0 Å². The average Bonchev–Trinajstić information content (AvgIpc) is 2.28. The van der Waals surface area contributed by atoms with Gasteiger partial charge in [-0.05, 0) is 38.3 Å². The zero-order valence-electron chi connectivity index (χ0n) is 10.7. The first kappa shape index (κ1) is 13.1. The van der Waals surface area contributed by atoms with E-state index in [2.05, 4.69) is 0 Å². The number of allylic oxidation sites excluding steroid dienone is 1. The maximum atomic E-state index is 12.4. The number of benzene rings is 1. The highest BCUT2D eigenvalue weighted by molar-refractivity contribution is 7.89. The van der Waals surface area contributed by atoms with E-state index in [4.69, 9.17) is 0 Å². The fourth-order valence-electron chi connectivity index (χ4n) is 2.02. The van der Waals surface area contributed by atoms with Gasteiger partial charge in [0.15, 0.2) is 0 Å². The summed E-state index contributed by atoms with van der Waals surface area (Å²) in [6, 6.07) is 7.02. The number of aryl methyl sites for hydroxylation is 1. The summed E-state index contributed by atoms with van der Waals surface area (Å²) >= 11 is 0. The smallest absolute Gasteiger partial charge is 0.263 e. The predicted octanol–water partition coefficient (Wildman–Crippen LogP) is 3.07. The molecule has 0 bridgehead atoms. The Hall–Kier alpha value is -1.29. The van der Waals surface area contributed by atoms with E-state index in [1.54, 1.807) is 18.3 Å². The zero-order valence-corrected chi connectivity index (χ0v) is 11.5. The molecule has 1 aliphatic rings. The molecule has 1 aromatic rings. The third kappa shape index (κ3) is 2.93. The maximum absolute atomic E-state index is 12.4. The van der Waals surface area contributed by atoms with Gasteiger partial charge in [0.05, 0.1) is 4.90 Å². The largest absolute Gasteiger partial charge is 0.274 e. The van der Waals surface area contributed by atoms with E-state index in [9.17, 15) is 8.42 Å². The summed E-state index contributed by atoms with van der Waals surface area (Å²) in [6.45, 7) is 2.53. The summed E-state index contributed by atoms with van der Waals surface area (Å²) in [6.07, 6.45) is 7.79. The molecule has 1 aromatic carbocycles. The molecule has 0 aromatic heterocycles. The molecule has 3 nitrogen and oxygen atoms in total. The van der Waals surface area contributed by atoms with Gasteiger partial charge in [0.2, 0.25) is 0 Å². The molecule has 4 heteroatoms. The second-order valence-corrected chi connectivity index (χ2v) is 6.55. The Labute approximate surface area is 109 Å². The summed E-state index contributed by atoms with van der Waals surface area (Å²) in [5, 5.41) is 0. The molecular weight excluding hydrogens is 246 g/mol. The predicted molar refractivity (Wildman–Crippen MR) is 72.7 cm³/mol. The molecule has 0 N–H and O–H groups in total. The minimum absolute atomic E-state index is 0.373. The fraction of sp³-hybridized carbons (Fsp3) is 0.429. The zero-order chi connectivity index (χ0) is 13.0. The topological polar surface area (TPSA) is 37.4 Å². The number of sulfonamides is 1. The van der Waals surface area contributed by atoms with Crippen LogP contribution in [0.3, 0.4) is 0 Å². The normalized spacial score (nSPS) is 19.1. The lowest BCUT2D eigenvalue weighted by Gasteiger charge is -2.22. The van der Waals surface area contributed by atoms with Crippen molar-refractivity contribution in [1.82, 2.24) is 4.31 Å². The minimum atomic E-state index is -3.37. The van der Waals surface area contributed by atoms with Crippen LogP contribution < -0.4 is 0 Å². The Kier molecular flexibility index (Phi) is 4.07. The monoisotopic (exact) mass is 265 g/mol. The summed E-state index contributed by atoms with van der Waals surface area (Å²) in [7, 11) is -3.37. The third-order valence-corrected chi connectivity index (χ3v) is 4.94. The Morgan fingerprint density at radius 2 is 1.78 bits per heavy atom. The van der Waals surface area contributed by atoms with E-state index >= 15 is 0 Å². The van der Waals surface area contributed by atoms with Crippen LogP contribution in [0, 0.1) is 6.92 Å². The Morgan fingerprint density at radius 1 is 1.06 bits per heavy atom. The molecule has 98 valence electrons. The quantitative estimate of drug-likeness (QED) is 0.824. The average molecular weight is 265 g/mol. The van der Waals surface area contributed by atoms with Crippen molar-refractivity contribution < 1.29 is 8.42 Å². The van der Waals surface area contributed by atoms with E-state index in [-0.39, 0.29) is 0 Å². The standard InChI is InChI=1S/C14H19NO2S/c1-13-7-9-14(10-8-13)18(16,17)15-11-5-3-2-4-6-12-15/h5,7-11H,2-4,6,12H2,1H3/b11-5-. The van der Waals surface area contributed by atoms with Gasteiger partial charge in [0, 0.05) is 12.7 Å². The highest BCUT2D eigenvalue weighted by Crippen LogP contribution is 2.19. The number of hydrogen-bond donors (Lipinski definition) is 0. The highest BCUT2D eigenvalue weighted by Gasteiger charge is 2.21. The Morgan fingerprint density at radius 3 is 2.50 bits per heavy atom. The van der Waals surface area contributed by atoms with Crippen LogP contribution in [-0.4, -0.2) is 19.3 Å². The van der Waals surface area contributed by atoms with Crippen LogP contribution in [0.1, 0.15) is 31.2 Å². The van der Waals surface area contributed by atoms with Crippen molar-refractivity contribution in [1.29, 1.82) is 0 Å². The molecule has 18 heavy (non-hydrogen) atoms. The van der Waals surface area contributed by atoms with Gasteiger partial charge in [0.1, 0.15) is 0 Å². The Bertz CT molecular complexity index is 517. The minimum Gasteiger partial charge on any atom is -0.274 e. The van der Waals surface area contributed by atoms with E-state index in [0.29, 0.717) is 11.4 Å². The molecule has 0 unspecified atom stereocenters. The van der Waals surface area contributed by atoms with Crippen LogP contribution in [0.25, 0.3) is 0 Å². The van der Waals surface area contributed by atoms with Crippen molar-refractivity contribution in [3.8, 4) is 0 Å². The summed E-state index contributed by atoms with van der Waals surface area (Å²) in [5.41, 5.74) is 1.07. The Balaban J connectivity index is 2.28. The van der Waals surface area contributed by atoms with Gasteiger partial charge in [-0.15, -0.1) is 0 Å². The number of hydrogen-bond acceptors (Lipinski definition) is 2. The molecule has 0 amide bonds. The molecular formula is C14H19NO2S. The van der Waals surface area contributed by atoms with Crippen LogP contribution in [0.4, 0.5) is 0 Å². The van der Waals surface area contributed by atoms with Crippen LogP contribution in [0.5, 0.6) is 0 Å². The molecule has 0 fully saturated rings. The first-order valence-corrected chi connectivity index (χ1v) is 7.80. The van der Waals surface area contributed by atoms with Crippen molar-refractivity contribution >= 4 is 10.0 Å². The molecule has 0 saturated heterocycles. The van der Waals surface area contributed by atoms with Crippen LogP contribution in [0.15, 0.2) is 41.4 Å². The lowest BCUT2D eigenvalue weighted by Crippen LogP contribution is -2.27. The lowest BCUT2D eigenvalue weighted by molar-refractivity contribution is 0.470. The summed E-state index contributed by atoms with van der Waals surface area (Å²) < 4.78 is 26.3. The molecule has 0 aliphatic carbocycles. The van der Waals surface area contributed by atoms with Crippen molar-refractivity contribution in [3.05, 3.63) is 42.1 Å². The molecule has 1 aliphatic heterocycles. The van der Waals surface area contributed by atoms with E-state index in [1.165, 1.54) is 4.31 Å². The third-order valence-electron chi connectivity index (χ3n) is 3.15. The van der Waals surface area contributed by atoms with Gasteiger partial charge >= 0.3 is 0 Å². The van der Waals surface area contributed by atoms with Gasteiger partial charge in [-0.3, -0.25) is 4.31 Å². The first-order chi connectivity index (χ1) is 8.60. The summed E-state index contributed by atoms with van der Waals surface area (Å²) in [4.78, 5) is 0.373. The van der Waals surface area contributed by atoms with Gasteiger partial charge in [-0.1, -0.05) is 30.2 Å². The fourth-order valence-corrected chi connectivity index (χ4v) is 3.39. The lowest BCUT2D eigenvalue weighted by atomic mass is 10.2. The van der Waals surface area contributed by atoms with E-state index in [0.717, 1.165) is 31.2 Å². The number of rotatable bonds is 2. The number of nitrogens with zero attached hydrogens (tertiary/aromatic N) is 1. The molecule has 1 heterocycles. The van der Waals surface area contributed by atoms with E-state index < -0.39 is 10.0 Å². The SMILES string of the molecule is Cc1ccc(S(=O)(=O)N2/C=C\CCCCC2)cc1. The van der Waals surface area contributed by atoms with Gasteiger partial charge in [0.25, 0.3) is 10.0 Å². The molecule has 0 saturated carbocycles. The first-order valence-electron chi connectivity index (χ1n) is 6.36. The molecule has 0 spiro atoms. The van der Waals surface area contributed by atoms with Gasteiger partial charge in [-0.25, -0.2) is 8.42 Å². The van der Waals surface area contributed by atoms with Crippen LogP contribution >= 0.6 is 0 Å². The van der Waals surface area contributed by atoms with Gasteiger partial charge < -0.3 is 0 Å². The second kappa shape index (κ2) is 5.57. The molecule has 0 atom stereocenters. The molecule has 0 radical (unpaired) electrons.